The van der Waals surface area contributed by atoms with E-state index in [4.69, 9.17) is 0 Å². The van der Waals surface area contributed by atoms with Crippen LogP contribution in [0.5, 0.6) is 0 Å². The van der Waals surface area contributed by atoms with Gasteiger partial charge >= 0.3 is 0 Å². The molecule has 1 aliphatic rings. The fraction of sp³-hybridized carbons (Fsp3) is 0.250. The Balaban J connectivity index is 1.53. The SMILES string of the molecule is O=C(NCc1ccccc1)C1CC(c2cccnc2)NN1. The largest absolute Gasteiger partial charge is 0.351 e. The molecule has 0 spiro atoms. The van der Waals surface area contributed by atoms with Crippen LogP contribution >= 0.6 is 0 Å². The minimum absolute atomic E-state index is 0.0118. The molecule has 0 saturated carbocycles. The third-order valence-electron chi connectivity index (χ3n) is 3.62. The van der Waals surface area contributed by atoms with Gasteiger partial charge in [0.15, 0.2) is 0 Å². The lowest BCUT2D eigenvalue weighted by atomic mass is 10.0. The molecule has 3 N–H and O–H groups in total. The van der Waals surface area contributed by atoms with Gasteiger partial charge in [-0.25, -0.2) is 10.9 Å². The summed E-state index contributed by atoms with van der Waals surface area (Å²) in [5, 5.41) is 2.96. The van der Waals surface area contributed by atoms with Gasteiger partial charge in [0.25, 0.3) is 0 Å². The molecule has 2 atom stereocenters. The molecule has 0 radical (unpaired) electrons. The molecule has 0 aliphatic carbocycles. The Bertz CT molecular complexity index is 588. The molecule has 5 nitrogen and oxygen atoms in total. The summed E-state index contributed by atoms with van der Waals surface area (Å²) in [6, 6.07) is 13.7. The predicted octanol–water partition coefficient (Wildman–Crippen LogP) is 1.31. The lowest BCUT2D eigenvalue weighted by molar-refractivity contribution is -0.123. The lowest BCUT2D eigenvalue weighted by Gasteiger charge is -2.10. The zero-order chi connectivity index (χ0) is 14.5. The second-order valence-corrected chi connectivity index (χ2v) is 5.12. The van der Waals surface area contributed by atoms with E-state index in [0.717, 1.165) is 11.1 Å². The molecule has 108 valence electrons. The number of benzene rings is 1. The van der Waals surface area contributed by atoms with Gasteiger partial charge in [-0.2, -0.15) is 0 Å². The van der Waals surface area contributed by atoms with E-state index < -0.39 is 0 Å². The summed E-state index contributed by atoms with van der Waals surface area (Å²) in [5.74, 6) is 0.0118. The van der Waals surface area contributed by atoms with E-state index >= 15 is 0 Å². The van der Waals surface area contributed by atoms with Gasteiger partial charge in [0.1, 0.15) is 6.04 Å². The van der Waals surface area contributed by atoms with Gasteiger partial charge in [0.05, 0.1) is 0 Å². The summed E-state index contributed by atoms with van der Waals surface area (Å²) in [6.45, 7) is 0.551. The van der Waals surface area contributed by atoms with E-state index in [2.05, 4.69) is 21.2 Å². The standard InChI is InChI=1S/C16H18N4O/c21-16(18-10-12-5-2-1-3-6-12)15-9-14(19-20-15)13-7-4-8-17-11-13/h1-8,11,14-15,19-20H,9-10H2,(H,18,21). The number of carbonyl (C=O) groups excluding carboxylic acids is 1. The molecule has 1 saturated heterocycles. The van der Waals surface area contributed by atoms with Crippen molar-refractivity contribution in [3.63, 3.8) is 0 Å². The van der Waals surface area contributed by atoms with Crippen molar-refractivity contribution in [2.24, 2.45) is 0 Å². The number of hydrazine groups is 1. The maximum absolute atomic E-state index is 12.2. The average molecular weight is 282 g/mol. The first-order valence-corrected chi connectivity index (χ1v) is 7.05. The number of nitrogens with one attached hydrogen (secondary N) is 3. The second kappa shape index (κ2) is 6.47. The van der Waals surface area contributed by atoms with E-state index in [1.54, 1.807) is 6.20 Å². The highest BCUT2D eigenvalue weighted by molar-refractivity contribution is 5.82. The monoisotopic (exact) mass is 282 g/mol. The van der Waals surface area contributed by atoms with Crippen LogP contribution in [0.1, 0.15) is 23.6 Å². The van der Waals surface area contributed by atoms with Crippen molar-refractivity contribution in [2.45, 2.75) is 25.0 Å². The Kier molecular flexibility index (Phi) is 4.23. The van der Waals surface area contributed by atoms with E-state index in [9.17, 15) is 4.79 Å². The smallest absolute Gasteiger partial charge is 0.238 e. The Hall–Kier alpha value is -2.24. The highest BCUT2D eigenvalue weighted by Gasteiger charge is 2.29. The van der Waals surface area contributed by atoms with Crippen LogP contribution in [-0.4, -0.2) is 16.9 Å². The molecule has 1 amide bonds. The highest BCUT2D eigenvalue weighted by atomic mass is 16.2. The maximum Gasteiger partial charge on any atom is 0.238 e. The van der Waals surface area contributed by atoms with Gasteiger partial charge in [-0.1, -0.05) is 36.4 Å². The number of carbonyl (C=O) groups is 1. The van der Waals surface area contributed by atoms with Crippen LogP contribution in [0.3, 0.4) is 0 Å². The number of hydrogen-bond donors (Lipinski definition) is 3. The summed E-state index contributed by atoms with van der Waals surface area (Å²) in [5.41, 5.74) is 8.39. The molecule has 2 heterocycles. The number of aromatic nitrogens is 1. The Labute approximate surface area is 123 Å². The molecule has 1 fully saturated rings. The molecule has 5 heteroatoms. The quantitative estimate of drug-likeness (QED) is 0.791. The number of pyridine rings is 1. The molecule has 2 unspecified atom stereocenters. The molecule has 1 aromatic carbocycles. The first kappa shape index (κ1) is 13.7. The molecule has 0 bridgehead atoms. The summed E-state index contributed by atoms with van der Waals surface area (Å²) >= 11 is 0. The second-order valence-electron chi connectivity index (χ2n) is 5.12. The van der Waals surface area contributed by atoms with Gasteiger partial charge in [0, 0.05) is 25.0 Å². The predicted molar refractivity (Wildman–Crippen MR) is 79.9 cm³/mol. The number of hydrogen-bond acceptors (Lipinski definition) is 4. The molecule has 1 aliphatic heterocycles. The first-order valence-electron chi connectivity index (χ1n) is 7.05. The third-order valence-corrected chi connectivity index (χ3v) is 3.62. The van der Waals surface area contributed by atoms with Crippen molar-refractivity contribution in [2.75, 3.05) is 0 Å². The fourth-order valence-corrected chi connectivity index (χ4v) is 2.44. The summed E-state index contributed by atoms with van der Waals surface area (Å²) < 4.78 is 0. The van der Waals surface area contributed by atoms with Crippen molar-refractivity contribution in [1.82, 2.24) is 21.2 Å². The van der Waals surface area contributed by atoms with Crippen LogP contribution in [0, 0.1) is 0 Å². The van der Waals surface area contributed by atoms with E-state index in [-0.39, 0.29) is 18.0 Å². The van der Waals surface area contributed by atoms with E-state index in [1.165, 1.54) is 0 Å². The summed E-state index contributed by atoms with van der Waals surface area (Å²) in [6.07, 6.45) is 4.28. The Morgan fingerprint density at radius 2 is 2.05 bits per heavy atom. The topological polar surface area (TPSA) is 66.0 Å². The van der Waals surface area contributed by atoms with Crippen LogP contribution in [0.15, 0.2) is 54.9 Å². The van der Waals surface area contributed by atoms with Gasteiger partial charge in [-0.05, 0) is 23.6 Å². The Morgan fingerprint density at radius 1 is 1.19 bits per heavy atom. The van der Waals surface area contributed by atoms with Gasteiger partial charge in [-0.15, -0.1) is 0 Å². The van der Waals surface area contributed by atoms with Crippen LogP contribution in [0.2, 0.25) is 0 Å². The van der Waals surface area contributed by atoms with Crippen LogP contribution in [0.25, 0.3) is 0 Å². The number of rotatable bonds is 4. The molecule has 3 rings (SSSR count). The van der Waals surface area contributed by atoms with E-state index in [1.807, 2.05) is 48.7 Å². The zero-order valence-corrected chi connectivity index (χ0v) is 11.6. The molecular weight excluding hydrogens is 264 g/mol. The van der Waals surface area contributed by atoms with Crippen LogP contribution in [-0.2, 0) is 11.3 Å². The Morgan fingerprint density at radius 3 is 2.81 bits per heavy atom. The van der Waals surface area contributed by atoms with Crippen molar-refractivity contribution in [3.8, 4) is 0 Å². The summed E-state index contributed by atoms with van der Waals surface area (Å²) in [7, 11) is 0. The van der Waals surface area contributed by atoms with Gasteiger partial charge in [-0.3, -0.25) is 9.78 Å². The van der Waals surface area contributed by atoms with Crippen molar-refractivity contribution >= 4 is 5.91 Å². The minimum atomic E-state index is -0.223. The third kappa shape index (κ3) is 3.45. The zero-order valence-electron chi connectivity index (χ0n) is 11.6. The minimum Gasteiger partial charge on any atom is -0.351 e. The van der Waals surface area contributed by atoms with Crippen molar-refractivity contribution in [1.29, 1.82) is 0 Å². The van der Waals surface area contributed by atoms with Gasteiger partial charge < -0.3 is 5.32 Å². The van der Waals surface area contributed by atoms with Crippen molar-refractivity contribution in [3.05, 3.63) is 66.0 Å². The summed E-state index contributed by atoms with van der Waals surface area (Å²) in [4.78, 5) is 16.3. The average Bonchev–Trinajstić information content (AvgIpc) is 3.04. The molecule has 1 aromatic heterocycles. The number of nitrogens with zero attached hydrogens (tertiary/aromatic N) is 1. The normalized spacial score (nSPS) is 21.1. The lowest BCUT2D eigenvalue weighted by Crippen LogP contribution is -2.42. The van der Waals surface area contributed by atoms with E-state index in [0.29, 0.717) is 13.0 Å². The molecule has 2 aromatic rings. The fourth-order valence-electron chi connectivity index (χ4n) is 2.44. The highest BCUT2D eigenvalue weighted by Crippen LogP contribution is 2.21. The first-order chi connectivity index (χ1) is 10.3. The molecular formula is C16H18N4O. The van der Waals surface area contributed by atoms with Crippen LogP contribution < -0.4 is 16.2 Å². The van der Waals surface area contributed by atoms with Gasteiger partial charge in [0.2, 0.25) is 5.91 Å². The van der Waals surface area contributed by atoms with Crippen LogP contribution in [0.4, 0.5) is 0 Å². The number of amides is 1. The van der Waals surface area contributed by atoms with Crippen molar-refractivity contribution < 1.29 is 4.79 Å². The maximum atomic E-state index is 12.2. The molecule has 21 heavy (non-hydrogen) atoms.